The van der Waals surface area contributed by atoms with Gasteiger partial charge in [0.2, 0.25) is 5.91 Å². The number of nitrogens with one attached hydrogen (secondary N) is 1. The lowest BCUT2D eigenvalue weighted by molar-refractivity contribution is -0.116. The summed E-state index contributed by atoms with van der Waals surface area (Å²) in [5, 5.41) is 2.66. The Bertz CT molecular complexity index is 699. The molecule has 0 unspecified atom stereocenters. The van der Waals surface area contributed by atoms with Gasteiger partial charge in [-0.25, -0.2) is 9.78 Å². The summed E-state index contributed by atoms with van der Waals surface area (Å²) in [5.41, 5.74) is 1.28. The number of ether oxygens (including phenoxy) is 1. The highest BCUT2D eigenvalue weighted by atomic mass is 79.9. The summed E-state index contributed by atoms with van der Waals surface area (Å²) in [6.45, 7) is 3.74. The van der Waals surface area contributed by atoms with Crippen LogP contribution in [-0.2, 0) is 11.3 Å². The molecule has 6 heteroatoms. The van der Waals surface area contributed by atoms with Crippen LogP contribution in [0.1, 0.15) is 15.9 Å². The van der Waals surface area contributed by atoms with E-state index in [-0.39, 0.29) is 5.91 Å². The van der Waals surface area contributed by atoms with Crippen LogP contribution in [0.3, 0.4) is 0 Å². The Morgan fingerprint density at radius 2 is 2.00 bits per heavy atom. The summed E-state index contributed by atoms with van der Waals surface area (Å²) in [4.78, 5) is 27.1. The minimum Gasteiger partial charge on any atom is -0.420 e. The quantitative estimate of drug-likeness (QED) is 0.505. The molecule has 2 aromatic rings. The van der Waals surface area contributed by atoms with Crippen molar-refractivity contribution < 1.29 is 14.3 Å². The molecule has 1 aromatic heterocycles. The zero-order valence-corrected chi connectivity index (χ0v) is 13.2. The standard InChI is InChI=1S/C16H13BrN2O3/c1-2-14(20)19-10-11-5-7-12(8-6-11)16(21)22-13-4-3-9-18-15(13)17/h2-9H,1,10H2,(H,19,20). The molecule has 1 aromatic carbocycles. The van der Waals surface area contributed by atoms with Gasteiger partial charge in [0.05, 0.1) is 5.56 Å². The van der Waals surface area contributed by atoms with E-state index in [0.29, 0.717) is 22.5 Å². The summed E-state index contributed by atoms with van der Waals surface area (Å²) in [6, 6.07) is 10.1. The SMILES string of the molecule is C=CC(=O)NCc1ccc(C(=O)Oc2cccnc2Br)cc1. The van der Waals surface area contributed by atoms with Gasteiger partial charge in [-0.15, -0.1) is 0 Å². The van der Waals surface area contributed by atoms with Crippen LogP contribution in [0.4, 0.5) is 0 Å². The van der Waals surface area contributed by atoms with E-state index in [0.717, 1.165) is 5.56 Å². The molecule has 0 aliphatic rings. The maximum Gasteiger partial charge on any atom is 0.343 e. The number of hydrogen-bond donors (Lipinski definition) is 1. The van der Waals surface area contributed by atoms with E-state index in [2.05, 4.69) is 32.8 Å². The van der Waals surface area contributed by atoms with Crippen molar-refractivity contribution in [2.24, 2.45) is 0 Å². The van der Waals surface area contributed by atoms with Crippen molar-refractivity contribution in [2.45, 2.75) is 6.54 Å². The third kappa shape index (κ3) is 4.26. The number of hydrogen-bond acceptors (Lipinski definition) is 4. The second-order valence-corrected chi connectivity index (χ2v) is 5.05. The maximum absolute atomic E-state index is 12.0. The normalized spacial score (nSPS) is 9.86. The van der Waals surface area contributed by atoms with Crippen LogP contribution in [-0.4, -0.2) is 16.9 Å². The molecule has 0 radical (unpaired) electrons. The van der Waals surface area contributed by atoms with Crippen molar-refractivity contribution in [2.75, 3.05) is 0 Å². The first-order valence-electron chi connectivity index (χ1n) is 6.42. The minimum atomic E-state index is -0.477. The number of nitrogens with zero attached hydrogens (tertiary/aromatic N) is 1. The van der Waals surface area contributed by atoms with Crippen LogP contribution in [0.2, 0.25) is 0 Å². The van der Waals surface area contributed by atoms with Crippen molar-refractivity contribution in [3.8, 4) is 5.75 Å². The van der Waals surface area contributed by atoms with E-state index >= 15 is 0 Å². The second-order valence-electron chi connectivity index (χ2n) is 4.30. The molecular formula is C16H13BrN2O3. The molecular weight excluding hydrogens is 348 g/mol. The number of halogens is 1. The second kappa shape index (κ2) is 7.51. The number of esters is 1. The highest BCUT2D eigenvalue weighted by Crippen LogP contribution is 2.22. The van der Waals surface area contributed by atoms with Gasteiger partial charge in [-0.1, -0.05) is 18.7 Å². The molecule has 0 saturated carbocycles. The first kappa shape index (κ1) is 15.9. The smallest absolute Gasteiger partial charge is 0.343 e. The van der Waals surface area contributed by atoms with E-state index in [1.165, 1.54) is 6.08 Å². The molecule has 0 saturated heterocycles. The third-order valence-electron chi connectivity index (χ3n) is 2.77. The number of aromatic nitrogens is 1. The van der Waals surface area contributed by atoms with E-state index in [1.54, 1.807) is 42.6 Å². The van der Waals surface area contributed by atoms with Crippen LogP contribution in [0, 0.1) is 0 Å². The van der Waals surface area contributed by atoms with Crippen LogP contribution in [0.5, 0.6) is 5.75 Å². The van der Waals surface area contributed by atoms with Crippen molar-refractivity contribution >= 4 is 27.8 Å². The average Bonchev–Trinajstić information content (AvgIpc) is 2.55. The molecule has 2 rings (SSSR count). The molecule has 0 spiro atoms. The van der Waals surface area contributed by atoms with Gasteiger partial charge in [0.15, 0.2) is 5.75 Å². The Hall–Kier alpha value is -2.47. The van der Waals surface area contributed by atoms with Crippen molar-refractivity contribution in [1.82, 2.24) is 10.3 Å². The summed E-state index contributed by atoms with van der Waals surface area (Å²) < 4.78 is 5.72. The van der Waals surface area contributed by atoms with Crippen molar-refractivity contribution in [3.63, 3.8) is 0 Å². The fourth-order valence-electron chi connectivity index (χ4n) is 1.63. The Morgan fingerprint density at radius 1 is 1.27 bits per heavy atom. The minimum absolute atomic E-state index is 0.245. The summed E-state index contributed by atoms with van der Waals surface area (Å²) in [7, 11) is 0. The van der Waals surface area contributed by atoms with Gasteiger partial charge in [-0.2, -0.15) is 0 Å². The molecule has 0 atom stereocenters. The first-order chi connectivity index (χ1) is 10.6. The monoisotopic (exact) mass is 360 g/mol. The molecule has 5 nitrogen and oxygen atoms in total. The molecule has 112 valence electrons. The highest BCUT2D eigenvalue weighted by molar-refractivity contribution is 9.10. The number of carbonyl (C=O) groups is 2. The van der Waals surface area contributed by atoms with Crippen molar-refractivity contribution in [3.05, 3.63) is 71.0 Å². The van der Waals surface area contributed by atoms with Crippen LogP contribution >= 0.6 is 15.9 Å². The number of rotatable bonds is 5. The molecule has 0 aliphatic carbocycles. The summed E-state index contributed by atoms with van der Waals surface area (Å²) >= 11 is 3.21. The predicted octanol–water partition coefficient (Wildman–Crippen LogP) is 2.87. The first-order valence-corrected chi connectivity index (χ1v) is 7.21. The highest BCUT2D eigenvalue weighted by Gasteiger charge is 2.11. The molecule has 1 N–H and O–H groups in total. The van der Waals surface area contributed by atoms with Gasteiger partial charge in [-0.05, 0) is 51.8 Å². The maximum atomic E-state index is 12.0. The van der Waals surface area contributed by atoms with Gasteiger partial charge in [0, 0.05) is 12.7 Å². The lowest BCUT2D eigenvalue weighted by Crippen LogP contribution is -2.20. The predicted molar refractivity (Wildman–Crippen MR) is 85.4 cm³/mol. The van der Waals surface area contributed by atoms with Crippen LogP contribution < -0.4 is 10.1 Å². The Labute approximate surface area is 136 Å². The van der Waals surface area contributed by atoms with Gasteiger partial charge < -0.3 is 10.1 Å². The zero-order valence-electron chi connectivity index (χ0n) is 11.6. The van der Waals surface area contributed by atoms with Gasteiger partial charge in [-0.3, -0.25) is 4.79 Å². The van der Waals surface area contributed by atoms with E-state index in [9.17, 15) is 9.59 Å². The average molecular weight is 361 g/mol. The zero-order chi connectivity index (χ0) is 15.9. The Balaban J connectivity index is 2.01. The molecule has 22 heavy (non-hydrogen) atoms. The van der Waals surface area contributed by atoms with E-state index in [1.807, 2.05) is 0 Å². The lowest BCUT2D eigenvalue weighted by atomic mass is 10.1. The largest absolute Gasteiger partial charge is 0.420 e. The van der Waals surface area contributed by atoms with Gasteiger partial charge in [0.25, 0.3) is 0 Å². The fraction of sp³-hybridized carbons (Fsp3) is 0.0625. The summed E-state index contributed by atoms with van der Waals surface area (Å²) in [5.74, 6) is -0.366. The topological polar surface area (TPSA) is 68.3 Å². The lowest BCUT2D eigenvalue weighted by Gasteiger charge is -2.07. The summed E-state index contributed by atoms with van der Waals surface area (Å²) in [6.07, 6.45) is 2.80. The third-order valence-corrected chi connectivity index (χ3v) is 3.36. The molecule has 0 fully saturated rings. The van der Waals surface area contributed by atoms with Crippen molar-refractivity contribution in [1.29, 1.82) is 0 Å². The van der Waals surface area contributed by atoms with E-state index in [4.69, 9.17) is 4.74 Å². The fourth-order valence-corrected chi connectivity index (χ4v) is 1.96. The number of benzene rings is 1. The van der Waals surface area contributed by atoms with E-state index < -0.39 is 5.97 Å². The van der Waals surface area contributed by atoms with Gasteiger partial charge in [0.1, 0.15) is 4.60 Å². The number of carbonyl (C=O) groups excluding carboxylic acids is 2. The Morgan fingerprint density at radius 3 is 2.64 bits per heavy atom. The van der Waals surface area contributed by atoms with Gasteiger partial charge >= 0.3 is 5.97 Å². The van der Waals surface area contributed by atoms with Crippen LogP contribution in [0.15, 0.2) is 59.9 Å². The number of pyridine rings is 1. The molecule has 0 aliphatic heterocycles. The molecule has 0 bridgehead atoms. The Kier molecular flexibility index (Phi) is 5.43. The molecule has 1 amide bonds. The number of amides is 1. The van der Waals surface area contributed by atoms with Crippen LogP contribution in [0.25, 0.3) is 0 Å². The molecule has 1 heterocycles.